The van der Waals surface area contributed by atoms with E-state index in [-0.39, 0.29) is 24.5 Å². The smallest absolute Gasteiger partial charge is 0.335 e. The highest BCUT2D eigenvalue weighted by atomic mass is 16.6. The average molecular weight is 487 g/mol. The molecule has 0 saturated carbocycles. The minimum atomic E-state index is -0.819. The molecule has 10 nitrogen and oxygen atoms in total. The predicted octanol–water partition coefficient (Wildman–Crippen LogP) is 4.03. The lowest BCUT2D eigenvalue weighted by Crippen LogP contribution is -2.54. The Labute approximate surface area is 205 Å². The van der Waals surface area contributed by atoms with Crippen molar-refractivity contribution in [2.75, 3.05) is 18.1 Å². The number of barbiturate groups is 1. The molecule has 0 radical (unpaired) electrons. The van der Waals surface area contributed by atoms with Crippen molar-refractivity contribution >= 4 is 35.3 Å². The van der Waals surface area contributed by atoms with Gasteiger partial charge in [-0.3, -0.25) is 25.0 Å². The summed E-state index contributed by atoms with van der Waals surface area (Å²) in [5, 5.41) is 12.9. The van der Waals surface area contributed by atoms with Gasteiger partial charge in [0, 0.05) is 17.7 Å². The van der Waals surface area contributed by atoms with Crippen molar-refractivity contribution in [2.45, 2.75) is 6.92 Å². The Bertz CT molecular complexity index is 1370. The Kier molecular flexibility index (Phi) is 7.05. The zero-order valence-electron chi connectivity index (χ0n) is 19.2. The first-order valence-corrected chi connectivity index (χ1v) is 10.9. The number of hydrogen-bond acceptors (Lipinski definition) is 7. The van der Waals surface area contributed by atoms with Crippen molar-refractivity contribution in [3.63, 3.8) is 0 Å². The van der Waals surface area contributed by atoms with Gasteiger partial charge in [-0.05, 0) is 48.9 Å². The zero-order chi connectivity index (χ0) is 25.7. The molecule has 0 aliphatic carbocycles. The molecule has 10 heteroatoms. The van der Waals surface area contributed by atoms with Crippen LogP contribution in [-0.4, -0.2) is 36.0 Å². The number of amides is 4. The van der Waals surface area contributed by atoms with Crippen LogP contribution in [0.25, 0.3) is 6.08 Å². The van der Waals surface area contributed by atoms with Crippen LogP contribution < -0.4 is 19.7 Å². The van der Waals surface area contributed by atoms with Gasteiger partial charge < -0.3 is 9.47 Å². The SMILES string of the molecule is Cc1cccc(N2C(=O)NC(=O)/C(=C/c3ccccc3OCCOc3ccc([N+](=O)[O-])cc3)C2=O)c1. The van der Waals surface area contributed by atoms with Gasteiger partial charge in [-0.15, -0.1) is 0 Å². The van der Waals surface area contributed by atoms with E-state index in [4.69, 9.17) is 9.47 Å². The van der Waals surface area contributed by atoms with Crippen LogP contribution in [0, 0.1) is 17.0 Å². The van der Waals surface area contributed by atoms with E-state index in [0.717, 1.165) is 10.5 Å². The van der Waals surface area contributed by atoms with Gasteiger partial charge in [-0.1, -0.05) is 30.3 Å². The lowest BCUT2D eigenvalue weighted by atomic mass is 10.1. The summed E-state index contributed by atoms with van der Waals surface area (Å²) in [4.78, 5) is 49.2. The van der Waals surface area contributed by atoms with Gasteiger partial charge in [0.2, 0.25) is 0 Å². The number of nitrogens with one attached hydrogen (secondary N) is 1. The first-order chi connectivity index (χ1) is 17.3. The Morgan fingerprint density at radius 3 is 2.39 bits per heavy atom. The molecule has 1 aliphatic heterocycles. The van der Waals surface area contributed by atoms with Crippen LogP contribution in [0.2, 0.25) is 0 Å². The van der Waals surface area contributed by atoms with Crippen LogP contribution in [0.1, 0.15) is 11.1 Å². The van der Waals surface area contributed by atoms with Gasteiger partial charge in [0.25, 0.3) is 17.5 Å². The monoisotopic (exact) mass is 487 g/mol. The third-order valence-electron chi connectivity index (χ3n) is 5.24. The molecule has 0 bridgehead atoms. The zero-order valence-corrected chi connectivity index (χ0v) is 19.2. The number of carbonyl (C=O) groups excluding carboxylic acids is 3. The Morgan fingerprint density at radius 1 is 0.944 bits per heavy atom. The maximum Gasteiger partial charge on any atom is 0.335 e. The van der Waals surface area contributed by atoms with Crippen molar-refractivity contribution in [1.82, 2.24) is 5.32 Å². The molecule has 182 valence electrons. The third-order valence-corrected chi connectivity index (χ3v) is 5.24. The summed E-state index contributed by atoms with van der Waals surface area (Å²) >= 11 is 0. The molecule has 0 spiro atoms. The number of urea groups is 1. The third kappa shape index (κ3) is 5.39. The summed E-state index contributed by atoms with van der Waals surface area (Å²) < 4.78 is 11.3. The van der Waals surface area contributed by atoms with Crippen molar-refractivity contribution in [2.24, 2.45) is 0 Å². The highest BCUT2D eigenvalue weighted by molar-refractivity contribution is 6.39. The van der Waals surface area contributed by atoms with Crippen molar-refractivity contribution < 1.29 is 28.8 Å². The van der Waals surface area contributed by atoms with Gasteiger partial charge in [0.15, 0.2) is 0 Å². The van der Waals surface area contributed by atoms with E-state index in [1.807, 2.05) is 13.0 Å². The minimum Gasteiger partial charge on any atom is -0.490 e. The van der Waals surface area contributed by atoms with Crippen molar-refractivity contribution in [3.05, 3.63) is 99.6 Å². The summed E-state index contributed by atoms with van der Waals surface area (Å²) in [7, 11) is 0. The molecular formula is C26H21N3O7. The van der Waals surface area contributed by atoms with Crippen LogP contribution in [0.15, 0.2) is 78.4 Å². The number of para-hydroxylation sites is 1. The number of benzene rings is 3. The highest BCUT2D eigenvalue weighted by Gasteiger charge is 2.37. The molecule has 1 heterocycles. The maximum atomic E-state index is 13.1. The molecule has 3 aromatic carbocycles. The maximum absolute atomic E-state index is 13.1. The standard InChI is InChI=1S/C26H21N3O7/c1-17-5-4-7-20(15-17)28-25(31)22(24(30)27-26(28)32)16-18-6-2-3-8-23(18)36-14-13-35-21-11-9-19(10-12-21)29(33)34/h2-12,15-16H,13-14H2,1H3,(H,27,30,32)/b22-16-. The molecule has 1 aliphatic rings. The second kappa shape index (κ2) is 10.5. The largest absolute Gasteiger partial charge is 0.490 e. The number of nitro groups is 1. The van der Waals surface area contributed by atoms with E-state index >= 15 is 0 Å². The lowest BCUT2D eigenvalue weighted by molar-refractivity contribution is -0.384. The molecule has 4 rings (SSSR count). The van der Waals surface area contributed by atoms with Crippen molar-refractivity contribution in [3.8, 4) is 11.5 Å². The number of nitro benzene ring substituents is 1. The summed E-state index contributed by atoms with van der Waals surface area (Å²) in [6.45, 7) is 2.11. The fourth-order valence-electron chi connectivity index (χ4n) is 3.52. The quantitative estimate of drug-likeness (QED) is 0.167. The number of imide groups is 2. The highest BCUT2D eigenvalue weighted by Crippen LogP contribution is 2.26. The van der Waals surface area contributed by atoms with Crippen LogP contribution in [-0.2, 0) is 9.59 Å². The number of nitrogens with zero attached hydrogens (tertiary/aromatic N) is 2. The van der Waals surface area contributed by atoms with Crippen LogP contribution in [0.3, 0.4) is 0 Å². The number of ether oxygens (including phenoxy) is 2. The van der Waals surface area contributed by atoms with E-state index in [1.165, 1.54) is 30.3 Å². The van der Waals surface area contributed by atoms with E-state index in [2.05, 4.69) is 5.32 Å². The number of aryl methyl sites for hydroxylation is 1. The van der Waals surface area contributed by atoms with Crippen LogP contribution in [0.5, 0.6) is 11.5 Å². The molecule has 4 amide bonds. The van der Waals surface area contributed by atoms with Gasteiger partial charge in [0.05, 0.1) is 10.6 Å². The Hall–Kier alpha value is -4.99. The van der Waals surface area contributed by atoms with Gasteiger partial charge in [0.1, 0.15) is 30.3 Å². The summed E-state index contributed by atoms with van der Waals surface area (Å²) in [6.07, 6.45) is 1.37. The van der Waals surface area contributed by atoms with E-state index in [1.54, 1.807) is 42.5 Å². The number of anilines is 1. The van der Waals surface area contributed by atoms with E-state index < -0.39 is 22.8 Å². The molecule has 0 unspecified atom stereocenters. The number of non-ortho nitro benzene ring substituents is 1. The Morgan fingerprint density at radius 2 is 1.67 bits per heavy atom. The van der Waals surface area contributed by atoms with Gasteiger partial charge in [-0.2, -0.15) is 0 Å². The molecule has 1 saturated heterocycles. The Balaban J connectivity index is 1.47. The minimum absolute atomic E-state index is 0.0375. The average Bonchev–Trinajstić information content (AvgIpc) is 2.85. The fourth-order valence-corrected chi connectivity index (χ4v) is 3.52. The number of carbonyl (C=O) groups is 3. The molecule has 3 aromatic rings. The fraction of sp³-hybridized carbons (Fsp3) is 0.115. The lowest BCUT2D eigenvalue weighted by Gasteiger charge is -2.26. The molecule has 1 fully saturated rings. The van der Waals surface area contributed by atoms with Crippen LogP contribution in [0.4, 0.5) is 16.2 Å². The number of rotatable bonds is 8. The van der Waals surface area contributed by atoms with E-state index in [0.29, 0.717) is 22.7 Å². The topological polar surface area (TPSA) is 128 Å². The molecule has 0 atom stereocenters. The van der Waals surface area contributed by atoms with E-state index in [9.17, 15) is 24.5 Å². The molecular weight excluding hydrogens is 466 g/mol. The molecule has 36 heavy (non-hydrogen) atoms. The normalized spacial score (nSPS) is 14.5. The number of hydrogen-bond donors (Lipinski definition) is 1. The predicted molar refractivity (Wildman–Crippen MR) is 131 cm³/mol. The van der Waals surface area contributed by atoms with Crippen LogP contribution >= 0.6 is 0 Å². The molecule has 1 N–H and O–H groups in total. The second-order valence-electron chi connectivity index (χ2n) is 7.78. The summed E-state index contributed by atoms with van der Waals surface area (Å²) in [5.74, 6) is -0.697. The second-order valence-corrected chi connectivity index (χ2v) is 7.78. The summed E-state index contributed by atoms with van der Waals surface area (Å²) in [6, 6.07) is 18.5. The van der Waals surface area contributed by atoms with Crippen molar-refractivity contribution in [1.29, 1.82) is 0 Å². The van der Waals surface area contributed by atoms with Gasteiger partial charge >= 0.3 is 6.03 Å². The summed E-state index contributed by atoms with van der Waals surface area (Å²) in [5.41, 5.74) is 1.41. The first kappa shape index (κ1) is 24.1. The first-order valence-electron chi connectivity index (χ1n) is 10.9. The molecule has 0 aromatic heterocycles. The van der Waals surface area contributed by atoms with Gasteiger partial charge in [-0.25, -0.2) is 9.69 Å².